The Kier molecular flexibility index (Phi) is 6.42. The number of hydrogen-bond acceptors (Lipinski definition) is 8. The second-order valence-corrected chi connectivity index (χ2v) is 10.1. The number of aryl methyl sites for hydroxylation is 1. The fraction of sp³-hybridized carbons (Fsp3) is 0.258. The van der Waals surface area contributed by atoms with Crippen LogP contribution in [0.4, 0.5) is 0 Å². The zero-order valence-electron chi connectivity index (χ0n) is 23.0. The van der Waals surface area contributed by atoms with Crippen LogP contribution in [0.3, 0.4) is 0 Å². The highest BCUT2D eigenvalue weighted by Gasteiger charge is 2.34. The van der Waals surface area contributed by atoms with E-state index in [4.69, 9.17) is 23.9 Å². The van der Waals surface area contributed by atoms with Crippen LogP contribution in [0, 0.1) is 6.92 Å². The van der Waals surface area contributed by atoms with Crippen molar-refractivity contribution in [2.24, 2.45) is 0 Å². The van der Waals surface area contributed by atoms with Crippen LogP contribution in [-0.4, -0.2) is 38.9 Å². The number of fused-ring (bicyclic) bond motifs is 4. The van der Waals surface area contributed by atoms with Gasteiger partial charge in [-0.3, -0.25) is 0 Å². The van der Waals surface area contributed by atoms with Crippen LogP contribution in [0.2, 0.25) is 0 Å². The van der Waals surface area contributed by atoms with E-state index < -0.39 is 0 Å². The molecule has 0 bridgehead atoms. The molecule has 0 aliphatic carbocycles. The number of aromatic nitrogens is 4. The second kappa shape index (κ2) is 10.1. The van der Waals surface area contributed by atoms with Crippen LogP contribution in [0.1, 0.15) is 59.3 Å². The van der Waals surface area contributed by atoms with Gasteiger partial charge >= 0.3 is 0 Å². The molecule has 1 aliphatic heterocycles. The molecular weight excluding hydrogens is 508 g/mol. The summed E-state index contributed by atoms with van der Waals surface area (Å²) in [7, 11) is 3.21. The van der Waals surface area contributed by atoms with Gasteiger partial charge in [0.2, 0.25) is 5.88 Å². The maximum Gasteiger partial charge on any atom is 0.228 e. The standard InChI is InChI=1S/C31H30N4O5/c1-17(2)21-9-6-18(3)12-24(21)39-15-27-33-30-29-28(19-7-11-23(37-4)26(13-19)38-5)22-10-8-20(36)14-25(22)40-31(29)32-16-35(30)34-27/h6-14,16-17,28,36H,15H2,1-5H3/t28-/m0/s1. The van der Waals surface area contributed by atoms with Crippen LogP contribution in [0.5, 0.6) is 34.6 Å². The summed E-state index contributed by atoms with van der Waals surface area (Å²) in [5.74, 6) is 3.59. The van der Waals surface area contributed by atoms with E-state index in [1.165, 1.54) is 0 Å². The molecule has 204 valence electrons. The van der Waals surface area contributed by atoms with Gasteiger partial charge in [-0.1, -0.05) is 38.1 Å². The predicted octanol–water partition coefficient (Wildman–Crippen LogP) is 6.14. The Morgan fingerprint density at radius 2 is 1.80 bits per heavy atom. The number of nitrogens with zero attached hydrogens (tertiary/aromatic N) is 4. The molecule has 1 aliphatic rings. The first-order valence-electron chi connectivity index (χ1n) is 13.1. The maximum atomic E-state index is 10.2. The Morgan fingerprint density at radius 3 is 2.58 bits per heavy atom. The van der Waals surface area contributed by atoms with Crippen molar-refractivity contribution in [3.05, 3.63) is 94.6 Å². The molecule has 0 saturated carbocycles. The molecule has 40 heavy (non-hydrogen) atoms. The molecule has 9 nitrogen and oxygen atoms in total. The lowest BCUT2D eigenvalue weighted by Gasteiger charge is -2.28. The first-order valence-corrected chi connectivity index (χ1v) is 13.1. The molecule has 3 heterocycles. The minimum atomic E-state index is -0.322. The van der Waals surface area contributed by atoms with E-state index in [2.05, 4.69) is 36.1 Å². The van der Waals surface area contributed by atoms with Gasteiger partial charge in [-0.25, -0.2) is 14.5 Å². The fourth-order valence-corrected chi connectivity index (χ4v) is 5.17. The number of phenolic OH excluding ortho intramolecular Hbond substituents is 1. The zero-order chi connectivity index (χ0) is 28.0. The normalized spacial score (nSPS) is 14.0. The van der Waals surface area contributed by atoms with Crippen molar-refractivity contribution in [1.82, 2.24) is 19.6 Å². The van der Waals surface area contributed by atoms with E-state index in [9.17, 15) is 5.11 Å². The van der Waals surface area contributed by atoms with E-state index in [0.717, 1.165) is 33.6 Å². The molecule has 0 unspecified atom stereocenters. The Balaban J connectivity index is 1.45. The number of aromatic hydroxyl groups is 1. The summed E-state index contributed by atoms with van der Waals surface area (Å²) in [5.41, 5.74) is 5.40. The smallest absolute Gasteiger partial charge is 0.228 e. The number of rotatable bonds is 7. The largest absolute Gasteiger partial charge is 0.508 e. The minimum absolute atomic E-state index is 0.105. The molecular formula is C31H30N4O5. The lowest BCUT2D eigenvalue weighted by molar-refractivity contribution is 0.291. The third kappa shape index (κ3) is 4.43. The zero-order valence-corrected chi connectivity index (χ0v) is 23.0. The van der Waals surface area contributed by atoms with E-state index in [1.807, 2.05) is 37.3 Å². The van der Waals surface area contributed by atoms with Crippen LogP contribution in [0.25, 0.3) is 5.65 Å². The number of phenols is 1. The number of benzene rings is 3. The van der Waals surface area contributed by atoms with Gasteiger partial charge in [-0.2, -0.15) is 0 Å². The molecule has 5 aromatic rings. The van der Waals surface area contributed by atoms with E-state index in [1.54, 1.807) is 37.2 Å². The number of methoxy groups -OCH3 is 2. The summed E-state index contributed by atoms with van der Waals surface area (Å²) in [6.45, 7) is 6.53. The van der Waals surface area contributed by atoms with Crippen molar-refractivity contribution in [2.75, 3.05) is 14.2 Å². The minimum Gasteiger partial charge on any atom is -0.508 e. The predicted molar refractivity (Wildman–Crippen MR) is 149 cm³/mol. The van der Waals surface area contributed by atoms with Gasteiger partial charge in [0.25, 0.3) is 0 Å². The SMILES string of the molecule is COc1ccc([C@H]2c3ccc(O)cc3Oc3ncn4nc(COc5cc(C)ccc5C(C)C)nc4c32)cc1OC. The first-order chi connectivity index (χ1) is 19.4. The summed E-state index contributed by atoms with van der Waals surface area (Å²) in [5, 5.41) is 14.8. The average Bonchev–Trinajstić information content (AvgIpc) is 3.37. The van der Waals surface area contributed by atoms with Crippen molar-refractivity contribution in [2.45, 2.75) is 39.2 Å². The molecule has 0 amide bonds. The molecule has 0 radical (unpaired) electrons. The maximum absolute atomic E-state index is 10.2. The first kappa shape index (κ1) is 25.5. The number of hydrogen-bond donors (Lipinski definition) is 1. The van der Waals surface area contributed by atoms with E-state index in [0.29, 0.717) is 40.5 Å². The van der Waals surface area contributed by atoms with Gasteiger partial charge in [0, 0.05) is 17.5 Å². The van der Waals surface area contributed by atoms with Crippen molar-refractivity contribution < 1.29 is 24.1 Å². The fourth-order valence-electron chi connectivity index (χ4n) is 5.17. The van der Waals surface area contributed by atoms with Gasteiger partial charge in [0.1, 0.15) is 30.2 Å². The highest BCUT2D eigenvalue weighted by Crippen LogP contribution is 2.49. The Labute approximate surface area is 232 Å². The highest BCUT2D eigenvalue weighted by molar-refractivity contribution is 5.67. The molecule has 0 fully saturated rings. The average molecular weight is 539 g/mol. The molecule has 0 spiro atoms. The molecule has 3 aromatic carbocycles. The molecule has 1 atom stereocenters. The van der Waals surface area contributed by atoms with Gasteiger partial charge in [0.15, 0.2) is 23.0 Å². The van der Waals surface area contributed by atoms with Crippen LogP contribution < -0.4 is 18.9 Å². The third-order valence-electron chi connectivity index (χ3n) is 7.12. The quantitative estimate of drug-likeness (QED) is 0.259. The van der Waals surface area contributed by atoms with Crippen LogP contribution >= 0.6 is 0 Å². The Morgan fingerprint density at radius 1 is 0.975 bits per heavy atom. The van der Waals surface area contributed by atoms with Crippen molar-refractivity contribution in [3.8, 4) is 34.6 Å². The Hall–Kier alpha value is -4.79. The summed E-state index contributed by atoms with van der Waals surface area (Å²) in [6.07, 6.45) is 1.58. The van der Waals surface area contributed by atoms with Crippen molar-refractivity contribution >= 4 is 5.65 Å². The lowest BCUT2D eigenvalue weighted by atomic mass is 9.83. The molecule has 9 heteroatoms. The summed E-state index contributed by atoms with van der Waals surface area (Å²) < 4.78 is 25.1. The molecule has 0 saturated heterocycles. The summed E-state index contributed by atoms with van der Waals surface area (Å²) in [6, 6.07) is 17.1. The lowest BCUT2D eigenvalue weighted by Crippen LogP contribution is -2.15. The summed E-state index contributed by atoms with van der Waals surface area (Å²) in [4.78, 5) is 9.45. The highest BCUT2D eigenvalue weighted by atomic mass is 16.5. The van der Waals surface area contributed by atoms with Gasteiger partial charge in [-0.15, -0.1) is 5.10 Å². The summed E-state index contributed by atoms with van der Waals surface area (Å²) >= 11 is 0. The monoisotopic (exact) mass is 538 g/mol. The molecule has 2 aromatic heterocycles. The third-order valence-corrected chi connectivity index (χ3v) is 7.12. The van der Waals surface area contributed by atoms with E-state index >= 15 is 0 Å². The molecule has 1 N–H and O–H groups in total. The Bertz CT molecular complexity index is 1730. The molecule has 6 rings (SSSR count). The van der Waals surface area contributed by atoms with Crippen molar-refractivity contribution in [1.29, 1.82) is 0 Å². The van der Waals surface area contributed by atoms with E-state index in [-0.39, 0.29) is 18.3 Å². The second-order valence-electron chi connectivity index (χ2n) is 10.1. The number of ether oxygens (including phenoxy) is 4. The topological polar surface area (TPSA) is 100 Å². The van der Waals surface area contributed by atoms with Crippen molar-refractivity contribution in [3.63, 3.8) is 0 Å². The van der Waals surface area contributed by atoms with Gasteiger partial charge in [0.05, 0.1) is 19.8 Å². The van der Waals surface area contributed by atoms with Crippen LogP contribution in [0.15, 0.2) is 60.9 Å². The van der Waals surface area contributed by atoms with Crippen LogP contribution in [-0.2, 0) is 6.61 Å². The van der Waals surface area contributed by atoms with Gasteiger partial charge in [-0.05, 0) is 53.8 Å². The van der Waals surface area contributed by atoms with Gasteiger partial charge < -0.3 is 24.1 Å².